The van der Waals surface area contributed by atoms with Gasteiger partial charge >= 0.3 is 11.9 Å². The van der Waals surface area contributed by atoms with E-state index in [9.17, 15) is 14.4 Å². The number of ketones is 1. The number of carbonyl (C=O) groups excluding carboxylic acids is 3. The van der Waals surface area contributed by atoms with E-state index in [-0.39, 0.29) is 18.8 Å². The predicted octanol–water partition coefficient (Wildman–Crippen LogP) is 1.61. The van der Waals surface area contributed by atoms with Crippen molar-refractivity contribution in [1.82, 2.24) is 0 Å². The molecule has 1 aromatic rings. The van der Waals surface area contributed by atoms with Gasteiger partial charge in [0, 0.05) is 6.42 Å². The standard InChI is InChI=1S/C15H16O5/c1-2-19-12(16)9-8-11-13(14(17)15(18)20-11)10-6-4-3-5-7-10/h3-7,11,13H,2,8-9H2,1H3. The van der Waals surface area contributed by atoms with Gasteiger partial charge in [0.1, 0.15) is 6.10 Å². The molecule has 0 radical (unpaired) electrons. The monoisotopic (exact) mass is 276 g/mol. The van der Waals surface area contributed by atoms with Gasteiger partial charge in [-0.2, -0.15) is 0 Å². The molecule has 2 rings (SSSR count). The van der Waals surface area contributed by atoms with Crippen LogP contribution in [0, 0.1) is 0 Å². The zero-order chi connectivity index (χ0) is 14.5. The molecule has 20 heavy (non-hydrogen) atoms. The minimum Gasteiger partial charge on any atom is -0.466 e. The Labute approximate surface area is 116 Å². The van der Waals surface area contributed by atoms with Gasteiger partial charge in [-0.05, 0) is 18.9 Å². The molecule has 2 unspecified atom stereocenters. The number of cyclic esters (lactones) is 1. The minimum absolute atomic E-state index is 0.127. The number of esters is 2. The molecule has 0 bridgehead atoms. The van der Waals surface area contributed by atoms with Gasteiger partial charge in [-0.3, -0.25) is 9.59 Å². The van der Waals surface area contributed by atoms with E-state index in [4.69, 9.17) is 9.47 Å². The summed E-state index contributed by atoms with van der Waals surface area (Å²) < 4.78 is 9.90. The van der Waals surface area contributed by atoms with Crippen LogP contribution in [0.2, 0.25) is 0 Å². The van der Waals surface area contributed by atoms with Crippen LogP contribution in [0.15, 0.2) is 30.3 Å². The Bertz CT molecular complexity index is 508. The number of rotatable bonds is 5. The molecule has 0 aliphatic carbocycles. The fraction of sp³-hybridized carbons (Fsp3) is 0.400. The van der Waals surface area contributed by atoms with Crippen LogP contribution in [0.1, 0.15) is 31.2 Å². The molecular formula is C15H16O5. The number of carbonyl (C=O) groups is 3. The van der Waals surface area contributed by atoms with Crippen molar-refractivity contribution in [3.05, 3.63) is 35.9 Å². The molecule has 1 aromatic carbocycles. The second-order valence-corrected chi connectivity index (χ2v) is 4.54. The average molecular weight is 276 g/mol. The highest BCUT2D eigenvalue weighted by molar-refractivity contribution is 6.37. The van der Waals surface area contributed by atoms with Crippen molar-refractivity contribution in [2.24, 2.45) is 0 Å². The zero-order valence-electron chi connectivity index (χ0n) is 11.2. The van der Waals surface area contributed by atoms with Crippen molar-refractivity contribution in [3.63, 3.8) is 0 Å². The lowest BCUT2D eigenvalue weighted by molar-refractivity contribution is -0.150. The quantitative estimate of drug-likeness (QED) is 0.603. The Kier molecular flexibility index (Phi) is 4.50. The first-order chi connectivity index (χ1) is 9.63. The van der Waals surface area contributed by atoms with Gasteiger partial charge in [-0.1, -0.05) is 30.3 Å². The molecule has 1 heterocycles. The molecule has 0 saturated carbocycles. The summed E-state index contributed by atoms with van der Waals surface area (Å²) >= 11 is 0. The Morgan fingerprint density at radius 2 is 1.95 bits per heavy atom. The third-order valence-corrected chi connectivity index (χ3v) is 3.21. The van der Waals surface area contributed by atoms with Gasteiger partial charge in [0.15, 0.2) is 0 Å². The Morgan fingerprint density at radius 3 is 2.60 bits per heavy atom. The van der Waals surface area contributed by atoms with Crippen molar-refractivity contribution < 1.29 is 23.9 Å². The maximum absolute atomic E-state index is 11.9. The van der Waals surface area contributed by atoms with Gasteiger partial charge in [-0.25, -0.2) is 4.79 Å². The van der Waals surface area contributed by atoms with E-state index in [0.717, 1.165) is 5.56 Å². The summed E-state index contributed by atoms with van der Waals surface area (Å²) in [4.78, 5) is 34.7. The number of Topliss-reactive ketones (excluding diaryl/α,β-unsaturated/α-hetero) is 1. The van der Waals surface area contributed by atoms with Crippen LogP contribution in [0.3, 0.4) is 0 Å². The second-order valence-electron chi connectivity index (χ2n) is 4.54. The van der Waals surface area contributed by atoms with E-state index in [1.165, 1.54) is 0 Å². The first-order valence-electron chi connectivity index (χ1n) is 6.59. The SMILES string of the molecule is CCOC(=O)CCC1OC(=O)C(=O)C1c1ccccc1. The Balaban J connectivity index is 2.09. The van der Waals surface area contributed by atoms with E-state index in [1.54, 1.807) is 31.2 Å². The largest absolute Gasteiger partial charge is 0.466 e. The number of hydrogen-bond acceptors (Lipinski definition) is 5. The van der Waals surface area contributed by atoms with Crippen molar-refractivity contribution in [3.8, 4) is 0 Å². The lowest BCUT2D eigenvalue weighted by Crippen LogP contribution is -2.20. The molecule has 0 aromatic heterocycles. The second kappa shape index (κ2) is 6.32. The first-order valence-corrected chi connectivity index (χ1v) is 6.59. The van der Waals surface area contributed by atoms with Crippen molar-refractivity contribution in [2.75, 3.05) is 6.61 Å². The Hall–Kier alpha value is -2.17. The highest BCUT2D eigenvalue weighted by Gasteiger charge is 2.44. The van der Waals surface area contributed by atoms with E-state index < -0.39 is 23.8 Å². The summed E-state index contributed by atoms with van der Waals surface area (Å²) in [6, 6.07) is 8.99. The summed E-state index contributed by atoms with van der Waals surface area (Å²) in [5.41, 5.74) is 0.734. The highest BCUT2D eigenvalue weighted by Crippen LogP contribution is 2.32. The molecular weight excluding hydrogens is 260 g/mol. The predicted molar refractivity (Wildman–Crippen MR) is 69.9 cm³/mol. The van der Waals surface area contributed by atoms with Crippen LogP contribution in [0.4, 0.5) is 0 Å². The van der Waals surface area contributed by atoms with Crippen molar-refractivity contribution >= 4 is 17.7 Å². The zero-order valence-corrected chi connectivity index (χ0v) is 11.2. The molecule has 1 fully saturated rings. The third-order valence-electron chi connectivity index (χ3n) is 3.21. The molecule has 0 amide bonds. The molecule has 1 aliphatic rings. The summed E-state index contributed by atoms with van der Waals surface area (Å²) in [7, 11) is 0. The summed E-state index contributed by atoms with van der Waals surface area (Å²) in [5.74, 6) is -2.36. The first kappa shape index (κ1) is 14.2. The fourth-order valence-corrected chi connectivity index (χ4v) is 2.30. The van der Waals surface area contributed by atoms with Crippen molar-refractivity contribution in [2.45, 2.75) is 31.8 Å². The molecule has 0 spiro atoms. The molecule has 1 saturated heterocycles. The molecule has 1 aliphatic heterocycles. The van der Waals surface area contributed by atoms with Gasteiger partial charge in [0.25, 0.3) is 5.78 Å². The Morgan fingerprint density at radius 1 is 1.25 bits per heavy atom. The van der Waals surface area contributed by atoms with Crippen LogP contribution in [0.25, 0.3) is 0 Å². The lowest BCUT2D eigenvalue weighted by atomic mass is 9.89. The molecule has 2 atom stereocenters. The average Bonchev–Trinajstić information content (AvgIpc) is 2.73. The van der Waals surface area contributed by atoms with Crippen LogP contribution in [-0.4, -0.2) is 30.4 Å². The van der Waals surface area contributed by atoms with Gasteiger partial charge in [0.05, 0.1) is 12.5 Å². The van der Waals surface area contributed by atoms with E-state index in [1.807, 2.05) is 6.07 Å². The minimum atomic E-state index is -0.826. The third kappa shape index (κ3) is 3.04. The normalized spacial score (nSPS) is 21.6. The van der Waals surface area contributed by atoms with Crippen LogP contribution in [0.5, 0.6) is 0 Å². The van der Waals surface area contributed by atoms with Crippen LogP contribution >= 0.6 is 0 Å². The molecule has 5 nitrogen and oxygen atoms in total. The summed E-state index contributed by atoms with van der Waals surface area (Å²) in [5, 5.41) is 0. The van der Waals surface area contributed by atoms with E-state index in [2.05, 4.69) is 0 Å². The maximum Gasteiger partial charge on any atom is 0.375 e. The van der Waals surface area contributed by atoms with Crippen molar-refractivity contribution in [1.29, 1.82) is 0 Å². The fourth-order valence-electron chi connectivity index (χ4n) is 2.30. The summed E-state index contributed by atoms with van der Waals surface area (Å²) in [6.45, 7) is 2.04. The van der Waals surface area contributed by atoms with E-state index >= 15 is 0 Å². The highest BCUT2D eigenvalue weighted by atomic mass is 16.6. The van der Waals surface area contributed by atoms with Gasteiger partial charge in [-0.15, -0.1) is 0 Å². The van der Waals surface area contributed by atoms with Gasteiger partial charge in [0.2, 0.25) is 0 Å². The topological polar surface area (TPSA) is 69.7 Å². The number of ether oxygens (including phenoxy) is 2. The summed E-state index contributed by atoms with van der Waals surface area (Å²) in [6.07, 6.45) is -0.181. The van der Waals surface area contributed by atoms with E-state index in [0.29, 0.717) is 6.61 Å². The molecule has 5 heteroatoms. The molecule has 106 valence electrons. The maximum atomic E-state index is 11.9. The lowest BCUT2D eigenvalue weighted by Gasteiger charge is -2.15. The number of hydrogen-bond donors (Lipinski definition) is 0. The smallest absolute Gasteiger partial charge is 0.375 e. The van der Waals surface area contributed by atoms with Crippen LogP contribution < -0.4 is 0 Å². The molecule has 0 N–H and O–H groups in total. The van der Waals surface area contributed by atoms with Crippen LogP contribution in [-0.2, 0) is 23.9 Å². The van der Waals surface area contributed by atoms with Gasteiger partial charge < -0.3 is 9.47 Å². The number of benzene rings is 1.